The van der Waals surface area contributed by atoms with E-state index in [0.29, 0.717) is 18.7 Å². The van der Waals surface area contributed by atoms with Crippen LogP contribution in [0.15, 0.2) is 12.4 Å². The van der Waals surface area contributed by atoms with Crippen molar-refractivity contribution >= 4 is 5.91 Å². The first kappa shape index (κ1) is 11.2. The molecule has 1 heterocycles. The van der Waals surface area contributed by atoms with E-state index in [1.807, 2.05) is 6.92 Å². The summed E-state index contributed by atoms with van der Waals surface area (Å²) in [6.07, 6.45) is 3.05. The predicted molar refractivity (Wildman–Crippen MR) is 54.9 cm³/mol. The molecule has 5 nitrogen and oxygen atoms in total. The minimum absolute atomic E-state index is 0.0895. The molecule has 1 aromatic heterocycles. The van der Waals surface area contributed by atoms with E-state index in [0.717, 1.165) is 0 Å². The van der Waals surface area contributed by atoms with Crippen molar-refractivity contribution in [2.24, 2.45) is 5.92 Å². The van der Waals surface area contributed by atoms with Gasteiger partial charge in [-0.15, -0.1) is 0 Å². The standard InChI is InChI=1S/C10H14N4O/c1-3-14(7-8(2)4-11)10(15)9-5-12-13-6-9/h5-6,8H,3,7H2,1-2H3,(H,12,13). The van der Waals surface area contributed by atoms with Gasteiger partial charge in [0.05, 0.1) is 23.7 Å². The summed E-state index contributed by atoms with van der Waals surface area (Å²) in [7, 11) is 0. The number of rotatable bonds is 4. The molecule has 0 fully saturated rings. The molecule has 0 aromatic carbocycles. The van der Waals surface area contributed by atoms with Crippen LogP contribution < -0.4 is 0 Å². The topological polar surface area (TPSA) is 72.8 Å². The average Bonchev–Trinajstić information content (AvgIpc) is 2.77. The van der Waals surface area contributed by atoms with Crippen LogP contribution in [-0.4, -0.2) is 34.1 Å². The first-order chi connectivity index (χ1) is 7.19. The third-order valence-electron chi connectivity index (χ3n) is 2.13. The van der Waals surface area contributed by atoms with E-state index in [-0.39, 0.29) is 11.8 Å². The molecule has 0 radical (unpaired) electrons. The molecule has 0 aliphatic heterocycles. The third-order valence-corrected chi connectivity index (χ3v) is 2.13. The van der Waals surface area contributed by atoms with Crippen LogP contribution in [0.5, 0.6) is 0 Å². The maximum absolute atomic E-state index is 11.8. The SMILES string of the molecule is CCN(CC(C)C#N)C(=O)c1cn[nH]c1. The van der Waals surface area contributed by atoms with E-state index in [9.17, 15) is 4.79 Å². The van der Waals surface area contributed by atoms with E-state index in [4.69, 9.17) is 5.26 Å². The summed E-state index contributed by atoms with van der Waals surface area (Å²) in [6.45, 7) is 4.74. The molecular formula is C10H14N4O. The van der Waals surface area contributed by atoms with Gasteiger partial charge in [0.2, 0.25) is 0 Å². The summed E-state index contributed by atoms with van der Waals surface area (Å²) in [6, 6.07) is 2.11. The summed E-state index contributed by atoms with van der Waals surface area (Å²) >= 11 is 0. The highest BCUT2D eigenvalue weighted by Gasteiger charge is 2.16. The maximum Gasteiger partial charge on any atom is 0.257 e. The lowest BCUT2D eigenvalue weighted by Crippen LogP contribution is -2.34. The quantitative estimate of drug-likeness (QED) is 0.799. The highest BCUT2D eigenvalue weighted by molar-refractivity contribution is 5.93. The van der Waals surface area contributed by atoms with Crippen LogP contribution in [0.1, 0.15) is 24.2 Å². The number of nitriles is 1. The number of aromatic amines is 1. The van der Waals surface area contributed by atoms with Crippen LogP contribution in [0, 0.1) is 17.2 Å². The lowest BCUT2D eigenvalue weighted by molar-refractivity contribution is 0.0753. The molecule has 5 heteroatoms. The lowest BCUT2D eigenvalue weighted by atomic mass is 10.2. The molecular weight excluding hydrogens is 192 g/mol. The number of carbonyl (C=O) groups excluding carboxylic acids is 1. The molecule has 1 aromatic rings. The van der Waals surface area contributed by atoms with Crippen molar-refractivity contribution in [1.29, 1.82) is 5.26 Å². The van der Waals surface area contributed by atoms with Crippen molar-refractivity contribution in [2.45, 2.75) is 13.8 Å². The molecule has 80 valence electrons. The number of aromatic nitrogens is 2. The van der Waals surface area contributed by atoms with Gasteiger partial charge in [-0.25, -0.2) is 0 Å². The second-order valence-electron chi connectivity index (χ2n) is 3.36. The maximum atomic E-state index is 11.8. The van der Waals surface area contributed by atoms with Crippen LogP contribution in [0.25, 0.3) is 0 Å². The molecule has 1 N–H and O–H groups in total. The third kappa shape index (κ3) is 2.81. The Hall–Kier alpha value is -1.83. The van der Waals surface area contributed by atoms with Gasteiger partial charge in [0.15, 0.2) is 0 Å². The molecule has 1 amide bonds. The van der Waals surface area contributed by atoms with Crippen LogP contribution >= 0.6 is 0 Å². The zero-order chi connectivity index (χ0) is 11.3. The van der Waals surface area contributed by atoms with Crippen molar-refractivity contribution in [3.05, 3.63) is 18.0 Å². The molecule has 1 atom stereocenters. The summed E-state index contributed by atoms with van der Waals surface area (Å²) < 4.78 is 0. The second-order valence-corrected chi connectivity index (χ2v) is 3.36. The predicted octanol–water partition coefficient (Wildman–Crippen LogP) is 1.03. The molecule has 0 aliphatic carbocycles. The monoisotopic (exact) mass is 206 g/mol. The van der Waals surface area contributed by atoms with E-state index < -0.39 is 0 Å². The Morgan fingerprint density at radius 3 is 3.00 bits per heavy atom. The molecule has 15 heavy (non-hydrogen) atoms. The first-order valence-electron chi connectivity index (χ1n) is 4.86. The lowest BCUT2D eigenvalue weighted by Gasteiger charge is -2.20. The molecule has 0 bridgehead atoms. The molecule has 1 rings (SSSR count). The highest BCUT2D eigenvalue weighted by atomic mass is 16.2. The minimum Gasteiger partial charge on any atom is -0.338 e. The van der Waals surface area contributed by atoms with Gasteiger partial charge >= 0.3 is 0 Å². The fourth-order valence-corrected chi connectivity index (χ4v) is 1.28. The fraction of sp³-hybridized carbons (Fsp3) is 0.500. The smallest absolute Gasteiger partial charge is 0.257 e. The van der Waals surface area contributed by atoms with Crippen LogP contribution in [-0.2, 0) is 0 Å². The number of hydrogen-bond donors (Lipinski definition) is 1. The zero-order valence-electron chi connectivity index (χ0n) is 8.90. The number of carbonyl (C=O) groups is 1. The Labute approximate surface area is 88.7 Å². The zero-order valence-corrected chi connectivity index (χ0v) is 8.90. The van der Waals surface area contributed by atoms with Crippen LogP contribution in [0.2, 0.25) is 0 Å². The summed E-state index contributed by atoms with van der Waals surface area (Å²) in [4.78, 5) is 13.5. The Morgan fingerprint density at radius 2 is 2.53 bits per heavy atom. The molecule has 0 saturated carbocycles. The van der Waals surface area contributed by atoms with Gasteiger partial charge in [0.1, 0.15) is 0 Å². The average molecular weight is 206 g/mol. The number of nitrogens with one attached hydrogen (secondary N) is 1. The molecule has 0 saturated heterocycles. The Morgan fingerprint density at radius 1 is 1.80 bits per heavy atom. The van der Waals surface area contributed by atoms with Gasteiger partial charge in [-0.2, -0.15) is 10.4 Å². The number of nitrogens with zero attached hydrogens (tertiary/aromatic N) is 3. The Kier molecular flexibility index (Phi) is 3.86. The van der Waals surface area contributed by atoms with Crippen molar-refractivity contribution in [3.63, 3.8) is 0 Å². The van der Waals surface area contributed by atoms with Gasteiger partial charge in [-0.1, -0.05) is 0 Å². The fourth-order valence-electron chi connectivity index (χ4n) is 1.28. The summed E-state index contributed by atoms with van der Waals surface area (Å²) in [5, 5.41) is 15.0. The molecule has 0 aliphatic rings. The van der Waals surface area contributed by atoms with E-state index >= 15 is 0 Å². The van der Waals surface area contributed by atoms with E-state index in [1.54, 1.807) is 18.0 Å². The minimum atomic E-state index is -0.152. The van der Waals surface area contributed by atoms with Crippen molar-refractivity contribution in [3.8, 4) is 6.07 Å². The highest BCUT2D eigenvalue weighted by Crippen LogP contribution is 2.05. The first-order valence-corrected chi connectivity index (χ1v) is 4.86. The van der Waals surface area contributed by atoms with E-state index in [1.165, 1.54) is 6.20 Å². The molecule has 1 unspecified atom stereocenters. The number of hydrogen-bond acceptors (Lipinski definition) is 3. The molecule has 0 spiro atoms. The second kappa shape index (κ2) is 5.15. The van der Waals surface area contributed by atoms with Gasteiger partial charge in [-0.05, 0) is 13.8 Å². The van der Waals surface area contributed by atoms with Crippen molar-refractivity contribution in [1.82, 2.24) is 15.1 Å². The summed E-state index contributed by atoms with van der Waals surface area (Å²) in [5.41, 5.74) is 0.530. The van der Waals surface area contributed by atoms with Gasteiger partial charge < -0.3 is 4.90 Å². The van der Waals surface area contributed by atoms with E-state index in [2.05, 4.69) is 16.3 Å². The van der Waals surface area contributed by atoms with Crippen molar-refractivity contribution < 1.29 is 4.79 Å². The summed E-state index contributed by atoms with van der Waals surface area (Å²) in [5.74, 6) is -0.242. The van der Waals surface area contributed by atoms with Crippen LogP contribution in [0.3, 0.4) is 0 Å². The number of H-pyrrole nitrogens is 1. The van der Waals surface area contributed by atoms with Gasteiger partial charge in [0, 0.05) is 19.3 Å². The van der Waals surface area contributed by atoms with Gasteiger partial charge in [-0.3, -0.25) is 9.89 Å². The van der Waals surface area contributed by atoms with Crippen LogP contribution in [0.4, 0.5) is 0 Å². The largest absolute Gasteiger partial charge is 0.338 e. The number of amides is 1. The van der Waals surface area contributed by atoms with Crippen molar-refractivity contribution in [2.75, 3.05) is 13.1 Å². The normalized spacial score (nSPS) is 11.8. The Balaban J connectivity index is 2.68. The Bertz CT molecular complexity index is 352. The van der Waals surface area contributed by atoms with Gasteiger partial charge in [0.25, 0.3) is 5.91 Å².